The number of aryl methyl sites for hydroxylation is 1. The minimum atomic E-state index is -0.481. The van der Waals surface area contributed by atoms with Gasteiger partial charge < -0.3 is 20.3 Å². The Morgan fingerprint density at radius 3 is 2.79 bits per heavy atom. The van der Waals surface area contributed by atoms with Crippen molar-refractivity contribution in [1.29, 1.82) is 0 Å². The van der Waals surface area contributed by atoms with Gasteiger partial charge in [-0.1, -0.05) is 18.3 Å². The number of hydrogen-bond acceptors (Lipinski definition) is 7. The summed E-state index contributed by atoms with van der Waals surface area (Å²) in [6.45, 7) is 4.97. The number of hydrogen-bond donors (Lipinski definition) is 2. The van der Waals surface area contributed by atoms with Crippen LogP contribution in [0.1, 0.15) is 30.1 Å². The summed E-state index contributed by atoms with van der Waals surface area (Å²) in [7, 11) is 3.30. The number of amides is 1. The number of methoxy groups -OCH3 is 1. The van der Waals surface area contributed by atoms with Crippen molar-refractivity contribution in [2.45, 2.75) is 25.8 Å². The van der Waals surface area contributed by atoms with Gasteiger partial charge >= 0.3 is 0 Å². The molecule has 5 rings (SSSR count). The van der Waals surface area contributed by atoms with Crippen LogP contribution in [0.25, 0.3) is 21.1 Å². The lowest BCUT2D eigenvalue weighted by atomic mass is 10.0. The van der Waals surface area contributed by atoms with Gasteiger partial charge in [-0.25, -0.2) is 9.37 Å². The fourth-order valence-electron chi connectivity index (χ4n) is 4.59. The molecule has 0 saturated carbocycles. The number of aromatic nitrogens is 3. The molecule has 1 aliphatic heterocycles. The number of carbonyl (C=O) groups excluding carboxylic acids is 1. The van der Waals surface area contributed by atoms with Gasteiger partial charge in [0.1, 0.15) is 11.0 Å². The lowest BCUT2D eigenvalue weighted by Crippen LogP contribution is -2.42. The molecule has 2 N–H and O–H groups in total. The van der Waals surface area contributed by atoms with Crippen LogP contribution in [0.15, 0.2) is 30.5 Å². The first kappa shape index (κ1) is 22.5. The molecule has 8 nitrogen and oxygen atoms in total. The van der Waals surface area contributed by atoms with E-state index in [9.17, 15) is 9.18 Å². The minimum Gasteiger partial charge on any atom is -0.473 e. The van der Waals surface area contributed by atoms with E-state index in [0.29, 0.717) is 33.4 Å². The lowest BCUT2D eigenvalue weighted by molar-refractivity contribution is 0.102. The van der Waals surface area contributed by atoms with E-state index < -0.39 is 5.82 Å². The van der Waals surface area contributed by atoms with Crippen LogP contribution >= 0.6 is 11.3 Å². The summed E-state index contributed by atoms with van der Waals surface area (Å²) in [5.41, 5.74) is 2.72. The number of rotatable bonds is 6. The molecule has 178 valence electrons. The van der Waals surface area contributed by atoms with Crippen LogP contribution in [0.2, 0.25) is 0 Å². The monoisotopic (exact) mass is 482 g/mol. The van der Waals surface area contributed by atoms with Crippen LogP contribution < -0.4 is 20.3 Å². The lowest BCUT2D eigenvalue weighted by Gasteiger charge is -2.34. The van der Waals surface area contributed by atoms with Crippen molar-refractivity contribution >= 4 is 49.7 Å². The summed E-state index contributed by atoms with van der Waals surface area (Å²) in [6, 6.07) is 7.31. The Morgan fingerprint density at radius 2 is 2.06 bits per heavy atom. The number of ether oxygens (including phenoxy) is 1. The van der Waals surface area contributed by atoms with Crippen LogP contribution in [0.3, 0.4) is 0 Å². The number of benzene rings is 2. The summed E-state index contributed by atoms with van der Waals surface area (Å²) < 4.78 is 22.3. The van der Waals surface area contributed by atoms with Crippen molar-refractivity contribution in [3.05, 3.63) is 41.8 Å². The number of fused-ring (bicyclic) bond motifs is 2. The zero-order valence-corrected chi connectivity index (χ0v) is 20.2. The molecule has 34 heavy (non-hydrogen) atoms. The molecule has 3 heterocycles. The maximum Gasteiger partial charge on any atom is 0.274 e. The second kappa shape index (κ2) is 9.19. The normalized spacial score (nSPS) is 14.8. The number of nitrogens with zero attached hydrogens (tertiary/aromatic N) is 4. The van der Waals surface area contributed by atoms with E-state index in [2.05, 4.69) is 32.5 Å². The second-order valence-corrected chi connectivity index (χ2v) is 9.43. The average Bonchev–Trinajstić information content (AvgIpc) is 3.42. The predicted octanol–water partition coefficient (Wildman–Crippen LogP) is 4.16. The largest absolute Gasteiger partial charge is 0.473 e. The molecular formula is C24H27FN6O2S. The summed E-state index contributed by atoms with van der Waals surface area (Å²) in [4.78, 5) is 20.2. The van der Waals surface area contributed by atoms with Crippen molar-refractivity contribution in [1.82, 2.24) is 20.1 Å². The first-order valence-electron chi connectivity index (χ1n) is 11.4. The molecule has 0 atom stereocenters. The number of nitrogens with one attached hydrogen (secondary N) is 2. The van der Waals surface area contributed by atoms with Crippen molar-refractivity contribution in [3.63, 3.8) is 0 Å². The Balaban J connectivity index is 1.45. The standard InChI is InChI=1S/C24H27FN6O2S/c1-4-26-15-7-9-31(10-8-15)19-6-5-17(21-22(19)34-24(28-21)33-3)23(32)27-16-11-14-13-30(2)29-20(14)18(25)12-16/h5-6,11-13,15,26H,4,7-10H2,1-3H3,(H,27,32). The van der Waals surface area contributed by atoms with Gasteiger partial charge in [0, 0.05) is 43.4 Å². The maximum absolute atomic E-state index is 14.5. The molecule has 10 heteroatoms. The molecule has 2 aromatic heterocycles. The van der Waals surface area contributed by atoms with E-state index >= 15 is 0 Å². The SMILES string of the molecule is CCNC1CCN(c2ccc(C(=O)Nc3cc(F)c4nn(C)cc4c3)c3nc(OC)sc23)CC1. The van der Waals surface area contributed by atoms with E-state index in [-0.39, 0.29) is 11.4 Å². The van der Waals surface area contributed by atoms with E-state index in [4.69, 9.17) is 4.74 Å². The molecule has 2 aromatic carbocycles. The van der Waals surface area contributed by atoms with Gasteiger partial charge in [0.15, 0.2) is 5.82 Å². The number of thiazole rings is 1. The van der Waals surface area contributed by atoms with E-state index in [0.717, 1.165) is 42.9 Å². The number of carbonyl (C=O) groups is 1. The van der Waals surface area contributed by atoms with Crippen LogP contribution in [-0.2, 0) is 7.05 Å². The van der Waals surface area contributed by atoms with Crippen LogP contribution in [-0.4, -0.2) is 53.5 Å². The van der Waals surface area contributed by atoms with Crippen molar-refractivity contribution in [3.8, 4) is 5.19 Å². The van der Waals surface area contributed by atoms with Gasteiger partial charge in [-0.3, -0.25) is 9.48 Å². The Hall–Kier alpha value is -3.24. The van der Waals surface area contributed by atoms with Gasteiger partial charge in [0.2, 0.25) is 0 Å². The number of anilines is 2. The fourth-order valence-corrected chi connectivity index (χ4v) is 5.54. The van der Waals surface area contributed by atoms with Crippen LogP contribution in [0.4, 0.5) is 15.8 Å². The Bertz CT molecular complexity index is 1360. The Kier molecular flexibility index (Phi) is 6.09. The predicted molar refractivity (Wildman–Crippen MR) is 134 cm³/mol. The van der Waals surface area contributed by atoms with Gasteiger partial charge in [-0.15, -0.1) is 0 Å². The fraction of sp³-hybridized carbons (Fsp3) is 0.375. The summed E-state index contributed by atoms with van der Waals surface area (Å²) in [5.74, 6) is -0.830. The smallest absolute Gasteiger partial charge is 0.274 e. The van der Waals surface area contributed by atoms with Crippen LogP contribution in [0, 0.1) is 5.82 Å². The molecular weight excluding hydrogens is 455 g/mol. The van der Waals surface area contributed by atoms with Gasteiger partial charge in [0.25, 0.3) is 11.1 Å². The Labute approximate surface area is 200 Å². The average molecular weight is 483 g/mol. The Morgan fingerprint density at radius 1 is 1.26 bits per heavy atom. The highest BCUT2D eigenvalue weighted by atomic mass is 32.1. The van der Waals surface area contributed by atoms with E-state index in [1.54, 1.807) is 37.2 Å². The second-order valence-electron chi connectivity index (χ2n) is 8.47. The molecule has 4 aromatic rings. The third kappa shape index (κ3) is 4.19. The molecule has 0 spiro atoms. The topological polar surface area (TPSA) is 84.3 Å². The quantitative estimate of drug-likeness (QED) is 0.429. The van der Waals surface area contributed by atoms with Gasteiger partial charge in [0.05, 0.1) is 23.1 Å². The highest BCUT2D eigenvalue weighted by Crippen LogP contribution is 2.38. The molecule has 1 amide bonds. The van der Waals surface area contributed by atoms with Crippen molar-refractivity contribution in [2.75, 3.05) is 37.0 Å². The summed E-state index contributed by atoms with van der Waals surface area (Å²) >= 11 is 1.43. The zero-order valence-electron chi connectivity index (χ0n) is 19.4. The van der Waals surface area contributed by atoms with E-state index in [1.165, 1.54) is 17.4 Å². The summed E-state index contributed by atoms with van der Waals surface area (Å²) in [5, 5.41) is 11.6. The molecule has 1 saturated heterocycles. The number of halogens is 1. The first-order valence-corrected chi connectivity index (χ1v) is 12.2. The maximum atomic E-state index is 14.5. The van der Waals surface area contributed by atoms with Gasteiger partial charge in [-0.2, -0.15) is 5.10 Å². The van der Waals surface area contributed by atoms with Crippen molar-refractivity contribution in [2.24, 2.45) is 7.05 Å². The third-order valence-electron chi connectivity index (χ3n) is 6.19. The zero-order chi connectivity index (χ0) is 23.8. The molecule has 1 fully saturated rings. The first-order chi connectivity index (χ1) is 16.5. The molecule has 1 aliphatic rings. The molecule has 0 aliphatic carbocycles. The van der Waals surface area contributed by atoms with E-state index in [1.807, 2.05) is 6.07 Å². The summed E-state index contributed by atoms with van der Waals surface area (Å²) in [6.07, 6.45) is 3.84. The third-order valence-corrected chi connectivity index (χ3v) is 7.22. The van der Waals surface area contributed by atoms with Crippen molar-refractivity contribution < 1.29 is 13.9 Å². The molecule has 0 radical (unpaired) electrons. The molecule has 0 bridgehead atoms. The highest BCUT2D eigenvalue weighted by molar-refractivity contribution is 7.21. The van der Waals surface area contributed by atoms with Crippen LogP contribution in [0.5, 0.6) is 5.19 Å². The van der Waals surface area contributed by atoms with Gasteiger partial charge in [-0.05, 0) is 43.7 Å². The number of piperidine rings is 1. The highest BCUT2D eigenvalue weighted by Gasteiger charge is 2.24. The molecule has 0 unspecified atom stereocenters. The minimum absolute atomic E-state index is 0.273.